The van der Waals surface area contributed by atoms with E-state index in [9.17, 15) is 4.79 Å². The van der Waals surface area contributed by atoms with Gasteiger partial charge in [-0.25, -0.2) is 9.78 Å². The molecule has 3 aromatic heterocycles. The van der Waals surface area contributed by atoms with Crippen LogP contribution >= 0.6 is 22.9 Å². The third-order valence-electron chi connectivity index (χ3n) is 2.80. The number of aromatic nitrogens is 3. The predicted octanol–water partition coefficient (Wildman–Crippen LogP) is 3.05. The molecule has 5 nitrogen and oxygen atoms in total. The van der Waals surface area contributed by atoms with Gasteiger partial charge in [0.05, 0.1) is 32.0 Å². The Morgan fingerprint density at radius 1 is 1.47 bits per heavy atom. The largest absolute Gasteiger partial charge is 0.475 e. The van der Waals surface area contributed by atoms with Crippen LogP contribution in [-0.4, -0.2) is 25.6 Å². The summed E-state index contributed by atoms with van der Waals surface area (Å²) in [5, 5.41) is 9.64. The SMILES string of the molecule is Cn1c(-c2cc3nccc(Cl)c3s2)cnc1C(=O)O. The molecule has 0 saturated carbocycles. The van der Waals surface area contributed by atoms with Gasteiger partial charge in [-0.1, -0.05) is 11.6 Å². The summed E-state index contributed by atoms with van der Waals surface area (Å²) in [6, 6.07) is 3.62. The number of carbonyl (C=O) groups is 1. The van der Waals surface area contributed by atoms with Crippen molar-refractivity contribution in [2.24, 2.45) is 7.05 Å². The Labute approximate surface area is 117 Å². The molecule has 0 aliphatic rings. The van der Waals surface area contributed by atoms with Gasteiger partial charge >= 0.3 is 5.97 Å². The van der Waals surface area contributed by atoms with Crippen LogP contribution in [0, 0.1) is 0 Å². The fourth-order valence-electron chi connectivity index (χ4n) is 1.87. The maximum absolute atomic E-state index is 11.0. The van der Waals surface area contributed by atoms with E-state index in [-0.39, 0.29) is 5.82 Å². The van der Waals surface area contributed by atoms with Gasteiger partial charge in [0, 0.05) is 13.2 Å². The van der Waals surface area contributed by atoms with Crippen LogP contribution in [0.1, 0.15) is 10.6 Å². The van der Waals surface area contributed by atoms with Crippen LogP contribution in [0.15, 0.2) is 24.5 Å². The first-order chi connectivity index (χ1) is 9.08. The lowest BCUT2D eigenvalue weighted by molar-refractivity contribution is 0.0680. The van der Waals surface area contributed by atoms with Crippen molar-refractivity contribution >= 4 is 39.1 Å². The molecule has 0 aliphatic carbocycles. The van der Waals surface area contributed by atoms with E-state index in [0.717, 1.165) is 20.8 Å². The average Bonchev–Trinajstić information content (AvgIpc) is 2.93. The minimum atomic E-state index is -1.05. The van der Waals surface area contributed by atoms with E-state index in [1.165, 1.54) is 11.3 Å². The number of imidazole rings is 1. The summed E-state index contributed by atoms with van der Waals surface area (Å²) in [6.07, 6.45) is 3.19. The number of hydrogen-bond donors (Lipinski definition) is 1. The molecule has 0 amide bonds. The first kappa shape index (κ1) is 12.1. The highest BCUT2D eigenvalue weighted by molar-refractivity contribution is 7.22. The quantitative estimate of drug-likeness (QED) is 0.788. The Kier molecular flexibility index (Phi) is 2.76. The Bertz CT molecular complexity index is 793. The van der Waals surface area contributed by atoms with Crippen molar-refractivity contribution in [1.82, 2.24) is 14.5 Å². The van der Waals surface area contributed by atoms with Crippen molar-refractivity contribution in [3.8, 4) is 10.6 Å². The van der Waals surface area contributed by atoms with Gasteiger partial charge in [0.1, 0.15) is 0 Å². The molecular weight excluding hydrogens is 286 g/mol. The molecule has 3 heterocycles. The normalized spacial score (nSPS) is 11.1. The summed E-state index contributed by atoms with van der Waals surface area (Å²) < 4.78 is 2.43. The third-order valence-corrected chi connectivity index (χ3v) is 4.40. The monoisotopic (exact) mass is 293 g/mol. The van der Waals surface area contributed by atoms with E-state index in [4.69, 9.17) is 16.7 Å². The van der Waals surface area contributed by atoms with Crippen molar-refractivity contribution in [2.75, 3.05) is 0 Å². The van der Waals surface area contributed by atoms with E-state index >= 15 is 0 Å². The Morgan fingerprint density at radius 2 is 2.26 bits per heavy atom. The summed E-state index contributed by atoms with van der Waals surface area (Å²) in [5.41, 5.74) is 1.53. The number of nitrogens with zero attached hydrogens (tertiary/aromatic N) is 3. The Hall–Kier alpha value is -1.92. The van der Waals surface area contributed by atoms with E-state index in [1.807, 2.05) is 6.07 Å². The van der Waals surface area contributed by atoms with Crippen LogP contribution < -0.4 is 0 Å². The average molecular weight is 294 g/mol. The van der Waals surface area contributed by atoms with Gasteiger partial charge in [0.15, 0.2) is 0 Å². The van der Waals surface area contributed by atoms with Crippen LogP contribution in [-0.2, 0) is 7.05 Å². The number of pyridine rings is 1. The van der Waals surface area contributed by atoms with Crippen molar-refractivity contribution in [2.45, 2.75) is 0 Å². The Balaban J connectivity index is 2.20. The third kappa shape index (κ3) is 1.89. The van der Waals surface area contributed by atoms with Crippen molar-refractivity contribution in [1.29, 1.82) is 0 Å². The second-order valence-electron chi connectivity index (χ2n) is 3.95. The maximum Gasteiger partial charge on any atom is 0.372 e. The lowest BCUT2D eigenvalue weighted by Crippen LogP contribution is -2.06. The highest BCUT2D eigenvalue weighted by Crippen LogP contribution is 2.36. The minimum Gasteiger partial charge on any atom is -0.475 e. The smallest absolute Gasteiger partial charge is 0.372 e. The molecule has 96 valence electrons. The first-order valence-electron chi connectivity index (χ1n) is 5.37. The van der Waals surface area contributed by atoms with Gasteiger partial charge < -0.3 is 9.67 Å². The molecule has 0 aromatic carbocycles. The molecule has 3 aromatic rings. The fraction of sp³-hybridized carbons (Fsp3) is 0.0833. The predicted molar refractivity (Wildman–Crippen MR) is 73.8 cm³/mol. The number of fused-ring (bicyclic) bond motifs is 1. The van der Waals surface area contributed by atoms with Gasteiger partial charge in [-0.05, 0) is 12.1 Å². The molecule has 0 saturated heterocycles. The molecule has 0 bridgehead atoms. The van der Waals surface area contributed by atoms with Crippen LogP contribution in [0.25, 0.3) is 20.8 Å². The first-order valence-corrected chi connectivity index (χ1v) is 6.57. The van der Waals surface area contributed by atoms with Gasteiger partial charge in [-0.15, -0.1) is 11.3 Å². The summed E-state index contributed by atoms with van der Waals surface area (Å²) in [5.74, 6) is -1.04. The summed E-state index contributed by atoms with van der Waals surface area (Å²) in [6.45, 7) is 0. The molecule has 0 spiro atoms. The minimum absolute atomic E-state index is 0.00603. The topological polar surface area (TPSA) is 68.0 Å². The van der Waals surface area contributed by atoms with Crippen molar-refractivity contribution in [3.05, 3.63) is 35.4 Å². The molecule has 7 heteroatoms. The zero-order chi connectivity index (χ0) is 13.6. The van der Waals surface area contributed by atoms with E-state index in [1.54, 1.807) is 30.1 Å². The van der Waals surface area contributed by atoms with Gasteiger partial charge in [0.2, 0.25) is 5.82 Å². The molecule has 0 aliphatic heterocycles. The van der Waals surface area contributed by atoms with Crippen LogP contribution in [0.5, 0.6) is 0 Å². The lowest BCUT2D eigenvalue weighted by atomic mass is 10.3. The van der Waals surface area contributed by atoms with E-state index in [0.29, 0.717) is 5.02 Å². The highest BCUT2D eigenvalue weighted by Gasteiger charge is 2.16. The number of rotatable bonds is 2. The summed E-state index contributed by atoms with van der Waals surface area (Å²) >= 11 is 7.58. The van der Waals surface area contributed by atoms with Crippen LogP contribution in [0.4, 0.5) is 0 Å². The number of thiophene rings is 1. The highest BCUT2D eigenvalue weighted by atomic mass is 35.5. The fourth-order valence-corrected chi connectivity index (χ4v) is 3.21. The number of halogens is 1. The lowest BCUT2D eigenvalue weighted by Gasteiger charge is -1.99. The molecule has 0 atom stereocenters. The molecule has 19 heavy (non-hydrogen) atoms. The molecule has 0 unspecified atom stereocenters. The molecule has 1 N–H and O–H groups in total. The Morgan fingerprint density at radius 3 is 2.89 bits per heavy atom. The second kappa shape index (κ2) is 4.32. The summed E-state index contributed by atoms with van der Waals surface area (Å²) in [4.78, 5) is 20.0. The van der Waals surface area contributed by atoms with Gasteiger partial charge in [-0.3, -0.25) is 4.98 Å². The maximum atomic E-state index is 11.0. The van der Waals surface area contributed by atoms with Crippen molar-refractivity contribution in [3.63, 3.8) is 0 Å². The van der Waals surface area contributed by atoms with Crippen LogP contribution in [0.3, 0.4) is 0 Å². The molecule has 0 fully saturated rings. The van der Waals surface area contributed by atoms with E-state index in [2.05, 4.69) is 9.97 Å². The molecule has 0 radical (unpaired) electrons. The van der Waals surface area contributed by atoms with Crippen LogP contribution in [0.2, 0.25) is 5.02 Å². The molecule has 3 rings (SSSR count). The summed E-state index contributed by atoms with van der Waals surface area (Å²) in [7, 11) is 1.67. The standard InChI is InChI=1S/C12H8ClN3O2S/c1-16-8(5-15-11(16)12(17)18)9-4-7-10(19-9)6(13)2-3-14-7/h2-5H,1H3,(H,17,18). The zero-order valence-electron chi connectivity index (χ0n) is 9.79. The van der Waals surface area contributed by atoms with Crippen molar-refractivity contribution < 1.29 is 9.90 Å². The van der Waals surface area contributed by atoms with Gasteiger partial charge in [0.25, 0.3) is 0 Å². The molecular formula is C12H8ClN3O2S. The van der Waals surface area contributed by atoms with Gasteiger partial charge in [-0.2, -0.15) is 0 Å². The number of carboxylic acid groups (broad SMARTS) is 1. The van der Waals surface area contributed by atoms with E-state index < -0.39 is 5.97 Å². The number of aromatic carboxylic acids is 1. The zero-order valence-corrected chi connectivity index (χ0v) is 11.4. The number of carboxylic acids is 1. The number of hydrogen-bond acceptors (Lipinski definition) is 4. The second-order valence-corrected chi connectivity index (χ2v) is 5.41.